The molecule has 1 rings (SSSR count). The maximum Gasteiger partial charge on any atom is 0.401 e. The Morgan fingerprint density at radius 3 is 2.38 bits per heavy atom. The predicted molar refractivity (Wildman–Crippen MR) is 49.0 cm³/mol. The van der Waals surface area contributed by atoms with Crippen molar-refractivity contribution < 1.29 is 13.2 Å². The summed E-state index contributed by atoms with van der Waals surface area (Å²) in [5, 5.41) is 2.46. The van der Waals surface area contributed by atoms with Crippen molar-refractivity contribution in [2.45, 2.75) is 19.0 Å². The molecule has 1 fully saturated rings. The molecule has 0 aliphatic carbocycles. The van der Waals surface area contributed by atoms with Crippen LogP contribution in [-0.4, -0.2) is 30.8 Å². The third-order valence-electron chi connectivity index (χ3n) is 2.10. The van der Waals surface area contributed by atoms with Gasteiger partial charge in [0, 0.05) is 0 Å². The first-order valence-electron chi connectivity index (χ1n) is 4.43. The van der Waals surface area contributed by atoms with Gasteiger partial charge >= 0.3 is 6.18 Å². The lowest BCUT2D eigenvalue weighted by Crippen LogP contribution is -2.33. The van der Waals surface area contributed by atoms with Crippen molar-refractivity contribution in [2.75, 3.05) is 24.6 Å². The van der Waals surface area contributed by atoms with Crippen LogP contribution < -0.4 is 5.32 Å². The molecule has 0 spiro atoms. The molecule has 1 aliphatic heterocycles. The smallest absolute Gasteiger partial charge is 0.308 e. The summed E-state index contributed by atoms with van der Waals surface area (Å²) in [5.74, 6) is 2.64. The van der Waals surface area contributed by atoms with Crippen molar-refractivity contribution >= 4 is 11.8 Å². The summed E-state index contributed by atoms with van der Waals surface area (Å²) in [7, 11) is 0. The molecule has 1 N–H and O–H groups in total. The molecule has 13 heavy (non-hydrogen) atoms. The predicted octanol–water partition coefficient (Wildman–Crippen LogP) is 2.28. The Labute approximate surface area is 80.5 Å². The van der Waals surface area contributed by atoms with Gasteiger partial charge in [0.05, 0.1) is 6.54 Å². The lowest BCUT2D eigenvalue weighted by molar-refractivity contribution is -0.125. The molecule has 1 heterocycles. The average molecular weight is 213 g/mol. The third-order valence-corrected chi connectivity index (χ3v) is 3.15. The van der Waals surface area contributed by atoms with Gasteiger partial charge in [-0.1, -0.05) is 0 Å². The molecule has 0 atom stereocenters. The fourth-order valence-electron chi connectivity index (χ4n) is 1.37. The van der Waals surface area contributed by atoms with E-state index in [1.165, 1.54) is 0 Å². The fourth-order valence-corrected chi connectivity index (χ4v) is 2.57. The molecule has 1 saturated heterocycles. The van der Waals surface area contributed by atoms with Gasteiger partial charge in [0.1, 0.15) is 0 Å². The van der Waals surface area contributed by atoms with Gasteiger partial charge < -0.3 is 5.32 Å². The quantitative estimate of drug-likeness (QED) is 0.772. The van der Waals surface area contributed by atoms with Crippen molar-refractivity contribution in [2.24, 2.45) is 5.92 Å². The molecule has 0 saturated carbocycles. The van der Waals surface area contributed by atoms with E-state index < -0.39 is 12.7 Å². The van der Waals surface area contributed by atoms with Gasteiger partial charge in [-0.15, -0.1) is 0 Å². The van der Waals surface area contributed by atoms with Crippen LogP contribution >= 0.6 is 11.8 Å². The Hall–Kier alpha value is 0.100. The fraction of sp³-hybridized carbons (Fsp3) is 1.00. The minimum absolute atomic E-state index is 0.448. The number of nitrogens with one attached hydrogen (secondary N) is 1. The maximum absolute atomic E-state index is 11.7. The molecule has 0 aromatic carbocycles. The molecule has 78 valence electrons. The highest BCUT2D eigenvalue weighted by Crippen LogP contribution is 2.22. The first kappa shape index (κ1) is 11.2. The van der Waals surface area contributed by atoms with Crippen LogP contribution in [0.25, 0.3) is 0 Å². The molecule has 1 nitrogen and oxygen atoms in total. The number of rotatable bonds is 3. The second-order valence-corrected chi connectivity index (χ2v) is 4.53. The van der Waals surface area contributed by atoms with Crippen molar-refractivity contribution in [3.05, 3.63) is 0 Å². The van der Waals surface area contributed by atoms with Crippen molar-refractivity contribution in [3.63, 3.8) is 0 Å². The van der Waals surface area contributed by atoms with Gasteiger partial charge in [0.15, 0.2) is 0 Å². The van der Waals surface area contributed by atoms with E-state index in [1.807, 2.05) is 11.8 Å². The van der Waals surface area contributed by atoms with E-state index in [9.17, 15) is 13.2 Å². The Morgan fingerprint density at radius 2 is 1.85 bits per heavy atom. The standard InChI is InChI=1S/C8H14F3NS/c9-8(10,11)6-12-5-7-1-3-13-4-2-7/h7,12H,1-6H2. The van der Waals surface area contributed by atoms with Crippen LogP contribution in [0, 0.1) is 5.92 Å². The van der Waals surface area contributed by atoms with Crippen molar-refractivity contribution in [1.29, 1.82) is 0 Å². The van der Waals surface area contributed by atoms with Crippen LogP contribution in [0.2, 0.25) is 0 Å². The first-order chi connectivity index (χ1) is 6.08. The second kappa shape index (κ2) is 5.10. The second-order valence-electron chi connectivity index (χ2n) is 3.30. The number of halogens is 3. The van der Waals surface area contributed by atoms with E-state index in [0.29, 0.717) is 12.5 Å². The van der Waals surface area contributed by atoms with E-state index in [1.54, 1.807) is 0 Å². The van der Waals surface area contributed by atoms with Crippen LogP contribution in [0.15, 0.2) is 0 Å². The normalized spacial score (nSPS) is 20.5. The van der Waals surface area contributed by atoms with Crippen molar-refractivity contribution in [1.82, 2.24) is 5.32 Å². The van der Waals surface area contributed by atoms with Crippen LogP contribution in [0.3, 0.4) is 0 Å². The number of hydrogen-bond acceptors (Lipinski definition) is 2. The molecule has 0 amide bonds. The number of thioether (sulfide) groups is 1. The monoisotopic (exact) mass is 213 g/mol. The van der Waals surface area contributed by atoms with Crippen LogP contribution in [0.5, 0.6) is 0 Å². The molecule has 0 radical (unpaired) electrons. The van der Waals surface area contributed by atoms with Crippen LogP contribution in [0.4, 0.5) is 13.2 Å². The molecule has 5 heteroatoms. The van der Waals surface area contributed by atoms with Crippen LogP contribution in [-0.2, 0) is 0 Å². The largest absolute Gasteiger partial charge is 0.401 e. The van der Waals surface area contributed by atoms with Gasteiger partial charge in [0.25, 0.3) is 0 Å². The topological polar surface area (TPSA) is 12.0 Å². The third kappa shape index (κ3) is 5.41. The highest BCUT2D eigenvalue weighted by Gasteiger charge is 2.26. The Kier molecular flexibility index (Phi) is 4.38. The van der Waals surface area contributed by atoms with E-state index in [4.69, 9.17) is 0 Å². The molecule has 0 aromatic rings. The lowest BCUT2D eigenvalue weighted by Gasteiger charge is -2.21. The van der Waals surface area contributed by atoms with E-state index in [-0.39, 0.29) is 0 Å². The summed E-state index contributed by atoms with van der Waals surface area (Å²) in [5.41, 5.74) is 0. The van der Waals surface area contributed by atoms with Gasteiger partial charge in [-0.25, -0.2) is 0 Å². The highest BCUT2D eigenvalue weighted by atomic mass is 32.2. The van der Waals surface area contributed by atoms with E-state index in [2.05, 4.69) is 5.32 Å². The van der Waals surface area contributed by atoms with Gasteiger partial charge in [-0.2, -0.15) is 24.9 Å². The van der Waals surface area contributed by atoms with Crippen molar-refractivity contribution in [3.8, 4) is 0 Å². The zero-order valence-corrected chi connectivity index (χ0v) is 8.18. The van der Waals surface area contributed by atoms with Gasteiger partial charge in [0.2, 0.25) is 0 Å². The summed E-state index contributed by atoms with van der Waals surface area (Å²) in [6.07, 6.45) is -1.96. The Morgan fingerprint density at radius 1 is 1.23 bits per heavy atom. The summed E-state index contributed by atoms with van der Waals surface area (Å²) in [4.78, 5) is 0. The molecule has 0 unspecified atom stereocenters. The molecular weight excluding hydrogens is 199 g/mol. The summed E-state index contributed by atoms with van der Waals surface area (Å²) < 4.78 is 35.2. The minimum atomic E-state index is -4.07. The zero-order valence-electron chi connectivity index (χ0n) is 7.36. The average Bonchev–Trinajstić information content (AvgIpc) is 2.04. The molecule has 0 aromatic heterocycles. The number of alkyl halides is 3. The summed E-state index contributed by atoms with van der Waals surface area (Å²) in [6.45, 7) is -0.337. The van der Waals surface area contributed by atoms with E-state index in [0.717, 1.165) is 24.3 Å². The van der Waals surface area contributed by atoms with E-state index >= 15 is 0 Å². The SMILES string of the molecule is FC(F)(F)CNCC1CCSCC1. The number of hydrogen-bond donors (Lipinski definition) is 1. The highest BCUT2D eigenvalue weighted by molar-refractivity contribution is 7.99. The first-order valence-corrected chi connectivity index (χ1v) is 5.58. The lowest BCUT2D eigenvalue weighted by atomic mass is 10.0. The van der Waals surface area contributed by atoms with Gasteiger partial charge in [-0.3, -0.25) is 0 Å². The molecular formula is C8H14F3NS. The minimum Gasteiger partial charge on any atom is -0.308 e. The maximum atomic E-state index is 11.7. The zero-order chi connectivity index (χ0) is 9.73. The Bertz CT molecular complexity index is 143. The van der Waals surface area contributed by atoms with Crippen LogP contribution in [0.1, 0.15) is 12.8 Å². The Balaban J connectivity index is 2.04. The summed E-state index contributed by atoms with van der Waals surface area (Å²) in [6, 6.07) is 0. The summed E-state index contributed by atoms with van der Waals surface area (Å²) >= 11 is 1.89. The molecule has 0 bridgehead atoms. The van der Waals surface area contributed by atoms with Gasteiger partial charge in [-0.05, 0) is 36.8 Å². The molecule has 1 aliphatic rings.